The normalized spacial score (nSPS) is 24.1. The molecular weight excluding hydrogens is 460 g/mol. The summed E-state index contributed by atoms with van der Waals surface area (Å²) >= 11 is 0. The van der Waals surface area contributed by atoms with Gasteiger partial charge in [0.25, 0.3) is 0 Å². The smallest absolute Gasteiger partial charge is 0.108 e. The highest BCUT2D eigenvalue weighted by molar-refractivity contribution is 4.86. The van der Waals surface area contributed by atoms with Gasteiger partial charge >= 0.3 is 0 Å². The van der Waals surface area contributed by atoms with Crippen molar-refractivity contribution < 1.29 is 66.4 Å². The number of rotatable bonds is 18. The predicted molar refractivity (Wildman–Crippen MR) is 117 cm³/mol. The summed E-state index contributed by atoms with van der Waals surface area (Å²) in [5.41, 5.74) is 0. The van der Waals surface area contributed by atoms with E-state index in [1.54, 1.807) is 0 Å². The highest BCUT2D eigenvalue weighted by atomic mass is 16.4. The van der Waals surface area contributed by atoms with Gasteiger partial charge in [-0.25, -0.2) is 0 Å². The molecule has 0 bridgehead atoms. The zero-order valence-corrected chi connectivity index (χ0v) is 19.6. The molecule has 206 valence electrons. The van der Waals surface area contributed by atoms with Gasteiger partial charge in [0.15, 0.2) is 0 Å². The maximum atomic E-state index is 10.4. The molecule has 0 aromatic heterocycles. The van der Waals surface area contributed by atoms with Crippen molar-refractivity contribution in [1.82, 2.24) is 0 Å². The van der Waals surface area contributed by atoms with E-state index in [2.05, 4.69) is 0 Å². The van der Waals surface area contributed by atoms with Crippen LogP contribution in [0.15, 0.2) is 0 Å². The second kappa shape index (κ2) is 16.3. The average molecular weight is 505 g/mol. The molecule has 0 fully saturated rings. The largest absolute Gasteiger partial charge is 0.394 e. The van der Waals surface area contributed by atoms with E-state index in [-0.39, 0.29) is 25.7 Å². The van der Waals surface area contributed by atoms with Gasteiger partial charge < -0.3 is 66.4 Å². The Morgan fingerprint density at radius 2 is 0.971 bits per heavy atom. The quantitative estimate of drug-likeness (QED) is 0.0834. The van der Waals surface area contributed by atoms with E-state index >= 15 is 0 Å². The maximum Gasteiger partial charge on any atom is 0.108 e. The molecule has 0 aromatic rings. The van der Waals surface area contributed by atoms with Crippen LogP contribution in [0.3, 0.4) is 0 Å². The van der Waals surface area contributed by atoms with Crippen LogP contribution in [0.5, 0.6) is 0 Å². The summed E-state index contributed by atoms with van der Waals surface area (Å²) in [4.78, 5) is 0. The Bertz CT molecular complexity index is 523. The lowest BCUT2D eigenvalue weighted by atomic mass is 9.83. The summed E-state index contributed by atoms with van der Waals surface area (Å²) in [6.45, 7) is 1.67. The average Bonchev–Trinajstić information content (AvgIpc) is 2.78. The van der Waals surface area contributed by atoms with Gasteiger partial charge in [0, 0.05) is 12.8 Å². The Morgan fingerprint density at radius 3 is 1.44 bits per heavy atom. The Kier molecular flexibility index (Phi) is 16.0. The first-order chi connectivity index (χ1) is 15.6. The summed E-state index contributed by atoms with van der Waals surface area (Å²) in [5, 5.41) is 128. The molecule has 0 heterocycles. The summed E-state index contributed by atoms with van der Waals surface area (Å²) < 4.78 is 0. The van der Waals surface area contributed by atoms with E-state index in [0.717, 1.165) is 0 Å². The summed E-state index contributed by atoms with van der Waals surface area (Å²) in [6.07, 6.45) is -19.9. The SMILES string of the molecule is CC(O)C(O)CC(O)CC(CCC(O)C(O)C(O)CC(O)C(O)C(C)O)C(O)C(O)C(O)CO. The Morgan fingerprint density at radius 1 is 0.441 bits per heavy atom. The lowest BCUT2D eigenvalue weighted by Gasteiger charge is -2.32. The molecule has 13 unspecified atom stereocenters. The fourth-order valence-corrected chi connectivity index (χ4v) is 3.62. The lowest BCUT2D eigenvalue weighted by Crippen LogP contribution is -2.46. The van der Waals surface area contributed by atoms with Crippen LogP contribution in [-0.4, -0.2) is 146 Å². The molecular formula is C21H44O13. The molecule has 0 aliphatic heterocycles. The van der Waals surface area contributed by atoms with Gasteiger partial charge in [0.1, 0.15) is 24.4 Å². The number of aliphatic hydroxyl groups is 13. The second-order valence-corrected chi connectivity index (χ2v) is 9.16. The topological polar surface area (TPSA) is 263 Å². The van der Waals surface area contributed by atoms with Crippen LogP contribution in [-0.2, 0) is 0 Å². The molecule has 0 amide bonds. The third-order valence-corrected chi connectivity index (χ3v) is 6.05. The first-order valence-electron chi connectivity index (χ1n) is 11.4. The molecule has 13 N–H and O–H groups in total. The van der Waals surface area contributed by atoms with E-state index in [1.165, 1.54) is 13.8 Å². The van der Waals surface area contributed by atoms with Crippen LogP contribution >= 0.6 is 0 Å². The number of hydrogen-bond acceptors (Lipinski definition) is 13. The molecule has 0 saturated heterocycles. The molecule has 13 atom stereocenters. The minimum absolute atomic E-state index is 0.151. The van der Waals surface area contributed by atoms with E-state index in [0.29, 0.717) is 0 Å². The molecule has 0 aliphatic rings. The van der Waals surface area contributed by atoms with Gasteiger partial charge in [-0.2, -0.15) is 0 Å². The second-order valence-electron chi connectivity index (χ2n) is 9.16. The van der Waals surface area contributed by atoms with Gasteiger partial charge in [-0.15, -0.1) is 0 Å². The number of hydrogen-bond donors (Lipinski definition) is 13. The Labute approximate surface area is 198 Å². The van der Waals surface area contributed by atoms with Crippen molar-refractivity contribution in [2.45, 2.75) is 119 Å². The monoisotopic (exact) mass is 504 g/mol. The zero-order chi connectivity index (χ0) is 26.7. The standard InChI is InChI=1S/C21H44O13/c1-9(23)14(27)6-12(25)5-11(19(32)21(34)17(30)8-22)3-4-13(26)20(33)16(29)7-15(28)18(31)10(2)24/h9-34H,3-8H2,1-2H3. The van der Waals surface area contributed by atoms with Crippen LogP contribution < -0.4 is 0 Å². The van der Waals surface area contributed by atoms with Crippen molar-refractivity contribution in [3.63, 3.8) is 0 Å². The third-order valence-electron chi connectivity index (χ3n) is 6.05. The fourth-order valence-electron chi connectivity index (χ4n) is 3.62. The molecule has 0 rings (SSSR count). The van der Waals surface area contributed by atoms with Crippen LogP contribution in [0.4, 0.5) is 0 Å². The van der Waals surface area contributed by atoms with Gasteiger partial charge in [-0.1, -0.05) is 0 Å². The molecule has 0 saturated carbocycles. The van der Waals surface area contributed by atoms with Crippen LogP contribution in [0.25, 0.3) is 0 Å². The molecule has 0 spiro atoms. The number of aliphatic hydroxyl groups excluding tert-OH is 13. The van der Waals surface area contributed by atoms with Crippen molar-refractivity contribution in [3.05, 3.63) is 0 Å². The maximum absolute atomic E-state index is 10.4. The molecule has 13 nitrogen and oxygen atoms in total. The zero-order valence-electron chi connectivity index (χ0n) is 19.6. The summed E-state index contributed by atoms with van der Waals surface area (Å²) in [6, 6.07) is 0. The minimum atomic E-state index is -1.81. The van der Waals surface area contributed by atoms with E-state index in [9.17, 15) is 61.3 Å². The van der Waals surface area contributed by atoms with E-state index in [1.807, 2.05) is 0 Å². The Hall–Kier alpha value is -0.520. The predicted octanol–water partition coefficient (Wildman–Crippen LogP) is -5.08. The first kappa shape index (κ1) is 33.5. The highest BCUT2D eigenvalue weighted by Gasteiger charge is 2.35. The van der Waals surface area contributed by atoms with Crippen LogP contribution in [0.1, 0.15) is 46.0 Å². The van der Waals surface area contributed by atoms with Gasteiger partial charge in [0.2, 0.25) is 0 Å². The van der Waals surface area contributed by atoms with Gasteiger partial charge in [0.05, 0.1) is 55.4 Å². The van der Waals surface area contributed by atoms with Crippen molar-refractivity contribution in [2.75, 3.05) is 6.61 Å². The van der Waals surface area contributed by atoms with E-state index < -0.39 is 92.2 Å². The van der Waals surface area contributed by atoms with Crippen molar-refractivity contribution in [3.8, 4) is 0 Å². The molecule has 0 aromatic carbocycles. The first-order valence-corrected chi connectivity index (χ1v) is 11.4. The minimum Gasteiger partial charge on any atom is -0.394 e. The van der Waals surface area contributed by atoms with Crippen molar-refractivity contribution >= 4 is 0 Å². The van der Waals surface area contributed by atoms with Gasteiger partial charge in [-0.3, -0.25) is 0 Å². The molecule has 0 radical (unpaired) electrons. The van der Waals surface area contributed by atoms with Crippen LogP contribution in [0, 0.1) is 5.92 Å². The summed E-state index contributed by atoms with van der Waals surface area (Å²) in [5.74, 6) is -1.01. The lowest BCUT2D eigenvalue weighted by molar-refractivity contribution is -0.113. The molecule has 13 heteroatoms. The van der Waals surface area contributed by atoms with Crippen LogP contribution in [0.2, 0.25) is 0 Å². The molecule has 0 aliphatic carbocycles. The van der Waals surface area contributed by atoms with E-state index in [4.69, 9.17) is 5.11 Å². The van der Waals surface area contributed by atoms with Crippen molar-refractivity contribution in [1.29, 1.82) is 0 Å². The van der Waals surface area contributed by atoms with Gasteiger partial charge in [-0.05, 0) is 39.0 Å². The van der Waals surface area contributed by atoms with Crippen molar-refractivity contribution in [2.24, 2.45) is 5.92 Å². The summed E-state index contributed by atoms with van der Waals surface area (Å²) in [7, 11) is 0. The fraction of sp³-hybridized carbons (Fsp3) is 1.00. The highest BCUT2D eigenvalue weighted by Crippen LogP contribution is 2.26. The Balaban J connectivity index is 5.17. The third kappa shape index (κ3) is 11.5. The molecule has 34 heavy (non-hydrogen) atoms.